The fourth-order valence-corrected chi connectivity index (χ4v) is 4.95. The molecule has 1 aliphatic rings. The summed E-state index contributed by atoms with van der Waals surface area (Å²) in [5.41, 5.74) is 4.82. The molecule has 3 aromatic heterocycles. The zero-order valence-corrected chi connectivity index (χ0v) is 21.9. The number of fused-ring (bicyclic) bond motifs is 1. The molecule has 1 saturated heterocycles. The summed E-state index contributed by atoms with van der Waals surface area (Å²) in [6, 6.07) is 11.6. The van der Waals surface area contributed by atoms with Gasteiger partial charge in [-0.05, 0) is 30.3 Å². The van der Waals surface area contributed by atoms with Gasteiger partial charge in [0.2, 0.25) is 0 Å². The van der Waals surface area contributed by atoms with Crippen molar-refractivity contribution in [2.45, 2.75) is 32.4 Å². The summed E-state index contributed by atoms with van der Waals surface area (Å²) in [5.74, 6) is 0.949. The maximum absolute atomic E-state index is 6.07. The van der Waals surface area contributed by atoms with E-state index in [4.69, 9.17) is 14.6 Å². The van der Waals surface area contributed by atoms with Crippen LogP contribution in [0.3, 0.4) is 0 Å². The molecule has 0 saturated carbocycles. The summed E-state index contributed by atoms with van der Waals surface area (Å²) in [6.45, 7) is 11.4. The van der Waals surface area contributed by atoms with Crippen LogP contribution in [0.1, 0.15) is 0 Å². The van der Waals surface area contributed by atoms with Gasteiger partial charge in [-0.25, -0.2) is 9.67 Å². The van der Waals surface area contributed by atoms with E-state index in [-0.39, 0.29) is 0 Å². The average Bonchev–Trinajstić information content (AvgIpc) is 3.45. The van der Waals surface area contributed by atoms with Gasteiger partial charge in [0.25, 0.3) is 0 Å². The van der Waals surface area contributed by atoms with Gasteiger partial charge in [0.05, 0.1) is 24.9 Å². The molecule has 0 spiro atoms. The standard InChI is InChI=1S/C25H33N7O2Si/c1-30-17-22(27-29-30)19-5-6-23-21(15-19)25(28-32(23)18-34-13-14-35(2,3)4)20-7-8-26-24(16-20)31-9-11-33-12-10-31/h5-8,15-17H,9-14,18H2,1-4H3. The molecule has 0 atom stereocenters. The Morgan fingerprint density at radius 3 is 2.63 bits per heavy atom. The molecule has 4 heterocycles. The number of rotatable bonds is 8. The van der Waals surface area contributed by atoms with Crippen LogP contribution in [0.25, 0.3) is 33.4 Å². The molecule has 1 aromatic carbocycles. The molecular formula is C25H33N7O2Si. The zero-order valence-electron chi connectivity index (χ0n) is 20.9. The number of nitrogens with zero attached hydrogens (tertiary/aromatic N) is 7. The normalized spacial score (nSPS) is 14.7. The van der Waals surface area contributed by atoms with Crippen molar-refractivity contribution in [2.24, 2.45) is 7.05 Å². The molecule has 9 nitrogen and oxygen atoms in total. The number of ether oxygens (including phenoxy) is 2. The highest BCUT2D eigenvalue weighted by Gasteiger charge is 2.18. The van der Waals surface area contributed by atoms with Crippen molar-refractivity contribution >= 4 is 24.8 Å². The summed E-state index contributed by atoms with van der Waals surface area (Å²) in [6.07, 6.45) is 3.79. The Bertz CT molecular complexity index is 1300. The fourth-order valence-electron chi connectivity index (χ4n) is 4.19. The van der Waals surface area contributed by atoms with Crippen LogP contribution >= 0.6 is 0 Å². The van der Waals surface area contributed by atoms with E-state index in [1.165, 1.54) is 0 Å². The van der Waals surface area contributed by atoms with Crippen LogP contribution in [0.5, 0.6) is 0 Å². The van der Waals surface area contributed by atoms with Gasteiger partial charge in [-0.1, -0.05) is 30.9 Å². The van der Waals surface area contributed by atoms with Crippen molar-refractivity contribution in [3.63, 3.8) is 0 Å². The van der Waals surface area contributed by atoms with Crippen LogP contribution < -0.4 is 4.90 Å². The van der Waals surface area contributed by atoms with E-state index in [1.54, 1.807) is 4.68 Å². The summed E-state index contributed by atoms with van der Waals surface area (Å²) in [4.78, 5) is 6.88. The summed E-state index contributed by atoms with van der Waals surface area (Å²) >= 11 is 0. The second-order valence-electron chi connectivity index (χ2n) is 10.2. The van der Waals surface area contributed by atoms with E-state index in [1.807, 2.05) is 30.2 Å². The first kappa shape index (κ1) is 23.6. The minimum absolute atomic E-state index is 0.423. The van der Waals surface area contributed by atoms with Gasteiger partial charge >= 0.3 is 0 Å². The topological polar surface area (TPSA) is 83.1 Å². The minimum Gasteiger partial charge on any atom is -0.378 e. The predicted molar refractivity (Wildman–Crippen MR) is 140 cm³/mol. The lowest BCUT2D eigenvalue weighted by atomic mass is 10.0. The molecule has 1 fully saturated rings. The first-order valence-electron chi connectivity index (χ1n) is 12.1. The van der Waals surface area contributed by atoms with Crippen LogP contribution in [-0.2, 0) is 23.3 Å². The highest BCUT2D eigenvalue weighted by molar-refractivity contribution is 6.76. The van der Waals surface area contributed by atoms with Crippen LogP contribution in [0.2, 0.25) is 25.7 Å². The lowest BCUT2D eigenvalue weighted by Gasteiger charge is -2.27. The van der Waals surface area contributed by atoms with E-state index in [2.05, 4.69) is 64.1 Å². The zero-order chi connectivity index (χ0) is 24.4. The van der Waals surface area contributed by atoms with Crippen molar-refractivity contribution in [1.29, 1.82) is 0 Å². The molecule has 0 amide bonds. The predicted octanol–water partition coefficient (Wildman–Crippen LogP) is 4.04. The van der Waals surface area contributed by atoms with E-state index < -0.39 is 8.07 Å². The third-order valence-corrected chi connectivity index (χ3v) is 7.92. The molecule has 4 aromatic rings. The van der Waals surface area contributed by atoms with E-state index in [0.29, 0.717) is 6.73 Å². The lowest BCUT2D eigenvalue weighted by molar-refractivity contribution is 0.0818. The molecule has 0 bridgehead atoms. The second kappa shape index (κ2) is 9.88. The molecule has 0 N–H and O–H groups in total. The monoisotopic (exact) mass is 491 g/mol. The number of hydrogen-bond acceptors (Lipinski definition) is 7. The van der Waals surface area contributed by atoms with Gasteiger partial charge in [-0.3, -0.25) is 4.68 Å². The summed E-state index contributed by atoms with van der Waals surface area (Å²) in [5, 5.41) is 14.5. The molecule has 0 radical (unpaired) electrons. The smallest absolute Gasteiger partial charge is 0.140 e. The molecule has 0 aliphatic carbocycles. The third-order valence-electron chi connectivity index (χ3n) is 6.21. The fraction of sp³-hybridized carbons (Fsp3) is 0.440. The third kappa shape index (κ3) is 5.44. The number of hydrogen-bond donors (Lipinski definition) is 0. The van der Waals surface area contributed by atoms with Gasteiger partial charge < -0.3 is 14.4 Å². The summed E-state index contributed by atoms with van der Waals surface area (Å²) in [7, 11) is 0.723. The van der Waals surface area contributed by atoms with Crippen LogP contribution in [0.4, 0.5) is 5.82 Å². The highest BCUT2D eigenvalue weighted by Crippen LogP contribution is 2.32. The SMILES string of the molecule is Cn1cc(-c2ccc3c(c2)c(-c2ccnc(N4CCOCC4)c2)nn3COCC[Si](C)(C)C)nn1. The van der Waals surface area contributed by atoms with Crippen LogP contribution in [-0.4, -0.2) is 70.7 Å². The quantitative estimate of drug-likeness (QED) is 0.272. The Morgan fingerprint density at radius 1 is 1.06 bits per heavy atom. The summed E-state index contributed by atoms with van der Waals surface area (Å²) < 4.78 is 15.3. The number of benzene rings is 1. The Hall–Kier alpha value is -3.08. The molecule has 10 heteroatoms. The highest BCUT2D eigenvalue weighted by atomic mass is 28.3. The Kier molecular flexibility index (Phi) is 6.68. The maximum Gasteiger partial charge on any atom is 0.140 e. The van der Waals surface area contributed by atoms with Crippen molar-refractivity contribution in [1.82, 2.24) is 29.8 Å². The average molecular weight is 492 g/mol. The van der Waals surface area contributed by atoms with Crippen LogP contribution in [0.15, 0.2) is 42.7 Å². The van der Waals surface area contributed by atoms with Gasteiger partial charge in [-0.15, -0.1) is 5.10 Å². The van der Waals surface area contributed by atoms with Crippen molar-refractivity contribution in [3.8, 4) is 22.5 Å². The van der Waals surface area contributed by atoms with Gasteiger partial charge in [0.1, 0.15) is 23.9 Å². The van der Waals surface area contributed by atoms with Gasteiger partial charge in [0.15, 0.2) is 0 Å². The van der Waals surface area contributed by atoms with Gasteiger partial charge in [-0.2, -0.15) is 5.10 Å². The largest absolute Gasteiger partial charge is 0.378 e. The van der Waals surface area contributed by atoms with Gasteiger partial charge in [0, 0.05) is 57.5 Å². The number of aryl methyl sites for hydroxylation is 1. The van der Waals surface area contributed by atoms with Crippen molar-refractivity contribution < 1.29 is 9.47 Å². The maximum atomic E-state index is 6.07. The van der Waals surface area contributed by atoms with E-state index in [9.17, 15) is 0 Å². The molecule has 1 aliphatic heterocycles. The molecular weight excluding hydrogens is 458 g/mol. The molecule has 0 unspecified atom stereocenters. The second-order valence-corrected chi connectivity index (χ2v) is 15.8. The molecule has 184 valence electrons. The number of aromatic nitrogens is 6. The van der Waals surface area contributed by atoms with Crippen molar-refractivity contribution in [3.05, 3.63) is 42.7 Å². The van der Waals surface area contributed by atoms with Crippen molar-refractivity contribution in [2.75, 3.05) is 37.8 Å². The lowest BCUT2D eigenvalue weighted by Crippen LogP contribution is -2.36. The number of morpholine rings is 1. The minimum atomic E-state index is -1.15. The molecule has 5 rings (SSSR count). The number of anilines is 1. The Balaban J connectivity index is 1.52. The Morgan fingerprint density at radius 2 is 1.89 bits per heavy atom. The van der Waals surface area contributed by atoms with E-state index in [0.717, 1.165) is 78.2 Å². The number of pyridine rings is 1. The Labute approximate surface area is 206 Å². The first-order chi connectivity index (χ1) is 16.9. The van der Waals surface area contributed by atoms with Crippen LogP contribution in [0, 0.1) is 0 Å². The first-order valence-corrected chi connectivity index (χ1v) is 15.8. The van der Waals surface area contributed by atoms with E-state index >= 15 is 0 Å². The molecule has 35 heavy (non-hydrogen) atoms.